The molecule has 0 atom stereocenters. The summed E-state index contributed by atoms with van der Waals surface area (Å²) in [6.45, 7) is 0.832. The molecule has 0 unspecified atom stereocenters. The quantitative estimate of drug-likeness (QED) is 0.800. The summed E-state index contributed by atoms with van der Waals surface area (Å²) in [4.78, 5) is 13.5. The first-order valence-corrected chi connectivity index (χ1v) is 7.02. The van der Waals surface area contributed by atoms with Gasteiger partial charge in [0.25, 0.3) is 5.91 Å². The number of nitrogen functional groups attached to an aromatic ring is 1. The molecule has 0 saturated carbocycles. The van der Waals surface area contributed by atoms with Crippen molar-refractivity contribution < 1.29 is 4.79 Å². The van der Waals surface area contributed by atoms with Gasteiger partial charge in [-0.15, -0.1) is 0 Å². The summed E-state index contributed by atoms with van der Waals surface area (Å²) in [6.07, 6.45) is 1.99. The lowest BCUT2D eigenvalue weighted by Crippen LogP contribution is -2.23. The maximum Gasteiger partial charge on any atom is 0.250 e. The Balaban J connectivity index is 2.01. The number of rotatable bonds is 6. The minimum atomic E-state index is -0.431. The lowest BCUT2D eigenvalue weighted by molar-refractivity contribution is 0.100. The number of hydrogen-bond acceptors (Lipinski definition) is 3. The number of nitrogens with two attached hydrogens (primary N) is 2. The third-order valence-electron chi connectivity index (χ3n) is 3.50. The highest BCUT2D eigenvalue weighted by Crippen LogP contribution is 2.22. The molecule has 4 N–H and O–H groups in total. The largest absolute Gasteiger partial charge is 0.399 e. The molecule has 110 valence electrons. The van der Waals surface area contributed by atoms with E-state index in [1.165, 1.54) is 5.56 Å². The van der Waals surface area contributed by atoms with Crippen molar-refractivity contribution in [3.63, 3.8) is 0 Å². The Morgan fingerprint density at radius 2 is 1.86 bits per heavy atom. The number of hydrogen-bond donors (Lipinski definition) is 2. The summed E-state index contributed by atoms with van der Waals surface area (Å²) in [6, 6.07) is 15.5. The van der Waals surface area contributed by atoms with Crippen molar-refractivity contribution in [2.45, 2.75) is 12.8 Å². The van der Waals surface area contributed by atoms with Gasteiger partial charge < -0.3 is 16.4 Å². The molecule has 0 aliphatic heterocycles. The van der Waals surface area contributed by atoms with E-state index in [2.05, 4.69) is 12.1 Å². The van der Waals surface area contributed by atoms with E-state index in [0.717, 1.165) is 25.1 Å². The standard InChI is InChI=1S/C17H21N3O/c1-20(11-5-8-13-6-3-2-4-7-13)16-12-14(18)9-10-15(16)17(19)21/h2-4,6-7,9-10,12H,5,8,11,18H2,1H3,(H2,19,21). The van der Waals surface area contributed by atoms with Gasteiger partial charge in [0, 0.05) is 19.3 Å². The summed E-state index contributed by atoms with van der Waals surface area (Å²) >= 11 is 0. The lowest BCUT2D eigenvalue weighted by atomic mass is 10.1. The summed E-state index contributed by atoms with van der Waals surface area (Å²) in [5, 5.41) is 0. The average molecular weight is 283 g/mol. The van der Waals surface area contributed by atoms with Gasteiger partial charge in [-0.1, -0.05) is 30.3 Å². The second-order valence-electron chi connectivity index (χ2n) is 5.15. The van der Waals surface area contributed by atoms with Crippen LogP contribution in [0.25, 0.3) is 0 Å². The highest BCUT2D eigenvalue weighted by atomic mass is 16.1. The fourth-order valence-corrected chi connectivity index (χ4v) is 2.36. The average Bonchev–Trinajstić information content (AvgIpc) is 2.47. The normalized spacial score (nSPS) is 10.3. The zero-order valence-corrected chi connectivity index (χ0v) is 12.3. The summed E-state index contributed by atoms with van der Waals surface area (Å²) < 4.78 is 0. The van der Waals surface area contributed by atoms with E-state index in [1.807, 2.05) is 30.1 Å². The second-order valence-corrected chi connectivity index (χ2v) is 5.15. The van der Waals surface area contributed by atoms with Gasteiger partial charge in [0.2, 0.25) is 0 Å². The zero-order chi connectivity index (χ0) is 15.2. The number of nitrogens with zero attached hydrogens (tertiary/aromatic N) is 1. The van der Waals surface area contributed by atoms with Crippen LogP contribution in [-0.2, 0) is 6.42 Å². The van der Waals surface area contributed by atoms with Crippen LogP contribution in [0, 0.1) is 0 Å². The second kappa shape index (κ2) is 6.79. The first-order chi connectivity index (χ1) is 10.1. The first-order valence-electron chi connectivity index (χ1n) is 7.02. The number of carbonyl (C=O) groups is 1. The molecular formula is C17H21N3O. The molecule has 0 aliphatic carbocycles. The summed E-state index contributed by atoms with van der Waals surface area (Å²) in [7, 11) is 1.95. The predicted molar refractivity (Wildman–Crippen MR) is 87.4 cm³/mol. The van der Waals surface area contributed by atoms with Crippen molar-refractivity contribution in [3.8, 4) is 0 Å². The van der Waals surface area contributed by atoms with Crippen LogP contribution in [0.15, 0.2) is 48.5 Å². The third-order valence-corrected chi connectivity index (χ3v) is 3.50. The van der Waals surface area contributed by atoms with E-state index in [-0.39, 0.29) is 0 Å². The van der Waals surface area contributed by atoms with Crippen molar-refractivity contribution in [2.75, 3.05) is 24.2 Å². The molecule has 4 nitrogen and oxygen atoms in total. The third kappa shape index (κ3) is 3.99. The maximum absolute atomic E-state index is 11.5. The van der Waals surface area contributed by atoms with Crippen molar-refractivity contribution in [2.24, 2.45) is 5.73 Å². The Kier molecular flexibility index (Phi) is 4.82. The highest BCUT2D eigenvalue weighted by molar-refractivity contribution is 5.99. The van der Waals surface area contributed by atoms with Crippen molar-refractivity contribution in [1.29, 1.82) is 0 Å². The molecule has 0 spiro atoms. The molecule has 0 bridgehead atoms. The van der Waals surface area contributed by atoms with Gasteiger partial charge >= 0.3 is 0 Å². The molecule has 0 radical (unpaired) electrons. The van der Waals surface area contributed by atoms with E-state index < -0.39 is 5.91 Å². The van der Waals surface area contributed by atoms with Crippen molar-refractivity contribution in [1.82, 2.24) is 0 Å². The number of benzene rings is 2. The molecule has 1 amide bonds. The minimum absolute atomic E-state index is 0.431. The van der Waals surface area contributed by atoms with Gasteiger partial charge in [-0.3, -0.25) is 4.79 Å². The number of aryl methyl sites for hydroxylation is 1. The Labute approximate surface area is 125 Å². The smallest absolute Gasteiger partial charge is 0.250 e. The summed E-state index contributed by atoms with van der Waals surface area (Å²) in [5.74, 6) is -0.431. The van der Waals surface area contributed by atoms with Crippen LogP contribution < -0.4 is 16.4 Å². The van der Waals surface area contributed by atoms with E-state index >= 15 is 0 Å². The van der Waals surface area contributed by atoms with E-state index in [4.69, 9.17) is 11.5 Å². The molecule has 4 heteroatoms. The lowest BCUT2D eigenvalue weighted by Gasteiger charge is -2.22. The molecule has 21 heavy (non-hydrogen) atoms. The van der Waals surface area contributed by atoms with Crippen molar-refractivity contribution >= 4 is 17.3 Å². The van der Waals surface area contributed by atoms with Gasteiger partial charge in [0.05, 0.1) is 11.3 Å². The molecule has 0 heterocycles. The highest BCUT2D eigenvalue weighted by Gasteiger charge is 2.12. The maximum atomic E-state index is 11.5. The molecule has 2 rings (SSSR count). The van der Waals surface area contributed by atoms with Gasteiger partial charge in [-0.05, 0) is 36.6 Å². The zero-order valence-electron chi connectivity index (χ0n) is 12.3. The topological polar surface area (TPSA) is 72.3 Å². The van der Waals surface area contributed by atoms with Crippen LogP contribution in [0.3, 0.4) is 0 Å². The summed E-state index contributed by atoms with van der Waals surface area (Å²) in [5.41, 5.74) is 14.5. The molecule has 2 aromatic carbocycles. The number of carbonyl (C=O) groups excluding carboxylic acids is 1. The van der Waals surface area contributed by atoms with Crippen LogP contribution in [0.5, 0.6) is 0 Å². The molecule has 2 aromatic rings. The van der Waals surface area contributed by atoms with Crippen molar-refractivity contribution in [3.05, 3.63) is 59.7 Å². The van der Waals surface area contributed by atoms with Crippen LogP contribution in [0.1, 0.15) is 22.3 Å². The van der Waals surface area contributed by atoms with E-state index in [0.29, 0.717) is 11.3 Å². The van der Waals surface area contributed by atoms with Gasteiger partial charge in [0.15, 0.2) is 0 Å². The molecule has 0 saturated heterocycles. The number of primary amides is 1. The fraction of sp³-hybridized carbons (Fsp3) is 0.235. The van der Waals surface area contributed by atoms with Crippen LogP contribution in [0.2, 0.25) is 0 Å². The minimum Gasteiger partial charge on any atom is -0.399 e. The Bertz CT molecular complexity index is 611. The van der Waals surface area contributed by atoms with E-state index in [9.17, 15) is 4.79 Å². The van der Waals surface area contributed by atoms with Gasteiger partial charge in [0.1, 0.15) is 0 Å². The van der Waals surface area contributed by atoms with Gasteiger partial charge in [-0.2, -0.15) is 0 Å². The van der Waals surface area contributed by atoms with Crippen LogP contribution in [-0.4, -0.2) is 19.5 Å². The van der Waals surface area contributed by atoms with Crippen LogP contribution >= 0.6 is 0 Å². The molecule has 0 fully saturated rings. The molecule has 0 aromatic heterocycles. The number of amides is 1. The van der Waals surface area contributed by atoms with Crippen LogP contribution in [0.4, 0.5) is 11.4 Å². The predicted octanol–water partition coefficient (Wildman–Crippen LogP) is 2.44. The molecular weight excluding hydrogens is 262 g/mol. The Hall–Kier alpha value is -2.49. The first kappa shape index (κ1) is 14.9. The number of anilines is 2. The monoisotopic (exact) mass is 283 g/mol. The Morgan fingerprint density at radius 1 is 1.14 bits per heavy atom. The Morgan fingerprint density at radius 3 is 2.52 bits per heavy atom. The van der Waals surface area contributed by atoms with E-state index in [1.54, 1.807) is 18.2 Å². The SMILES string of the molecule is CN(CCCc1ccccc1)c1cc(N)ccc1C(N)=O. The fourth-order valence-electron chi connectivity index (χ4n) is 2.36. The molecule has 0 aliphatic rings. The van der Waals surface area contributed by atoms with Gasteiger partial charge in [-0.25, -0.2) is 0 Å².